The third-order valence-corrected chi connectivity index (χ3v) is 14.5. The first-order chi connectivity index (χ1) is 31.7. The van der Waals surface area contributed by atoms with Crippen molar-refractivity contribution < 1.29 is 27.0 Å². The van der Waals surface area contributed by atoms with E-state index in [1.807, 2.05) is 18.3 Å². The van der Waals surface area contributed by atoms with Crippen LogP contribution in [0.3, 0.4) is 0 Å². The van der Waals surface area contributed by atoms with Crippen LogP contribution < -0.4 is 5.19 Å². The van der Waals surface area contributed by atoms with E-state index in [1.54, 1.807) is 11.3 Å². The molecule has 0 N–H and O–H groups in total. The third-order valence-electron chi connectivity index (χ3n) is 11.4. The van der Waals surface area contributed by atoms with Crippen molar-refractivity contribution in [2.45, 2.75) is 93.2 Å². The topological polar surface area (TPSA) is 43.6 Å². The number of aromatic nitrogens is 4. The second-order valence-electron chi connectivity index (χ2n) is 18.3. The number of imidazole rings is 1. The Morgan fingerprint density at radius 1 is 0.794 bits per heavy atom. The van der Waals surface area contributed by atoms with Gasteiger partial charge in [0.15, 0.2) is 0 Å². The zero-order valence-electron chi connectivity index (χ0n) is 42.9. The van der Waals surface area contributed by atoms with Gasteiger partial charge < -0.3 is 9.55 Å². The maximum atomic E-state index is 8.04. The average Bonchev–Trinajstić information content (AvgIpc) is 3.83. The third kappa shape index (κ3) is 9.59. The van der Waals surface area contributed by atoms with Gasteiger partial charge in [-0.05, 0) is 105 Å². The second-order valence-corrected chi connectivity index (χ2v) is 24.4. The maximum Gasteiger partial charge on any atom is 0.113 e. The molecular weight excluding hydrogens is 981 g/mol. The number of thiophene rings is 1. The largest absolute Gasteiger partial charge is 0.333 e. The fourth-order valence-electron chi connectivity index (χ4n) is 8.33. The number of aryl methyl sites for hydroxylation is 1. The summed E-state index contributed by atoms with van der Waals surface area (Å²) >= 11 is 1.74. The molecule has 4 nitrogen and oxygen atoms in total. The molecule has 0 atom stereocenters. The van der Waals surface area contributed by atoms with E-state index in [2.05, 4.69) is 175 Å². The molecule has 0 saturated carbocycles. The predicted octanol–water partition coefficient (Wildman–Crippen LogP) is 15.1. The van der Waals surface area contributed by atoms with Crippen LogP contribution in [0.4, 0.5) is 0 Å². The van der Waals surface area contributed by atoms with Crippen molar-refractivity contribution in [3.63, 3.8) is 0 Å². The van der Waals surface area contributed by atoms with Crippen LogP contribution in [-0.4, -0.2) is 27.6 Å². The molecule has 9 aromatic rings. The number of rotatable bonds is 9. The Hall–Kier alpha value is -5.04. The van der Waals surface area contributed by atoms with Gasteiger partial charge >= 0.3 is 0 Å². The molecule has 0 bridgehead atoms. The molecule has 0 aliphatic heterocycles. The molecule has 7 heteroatoms. The van der Waals surface area contributed by atoms with Gasteiger partial charge in [0.05, 0.1) is 24.9 Å². The SMILES string of the molecule is Cc1ccc2c(n1)sc1c(-c3nc4ccccc4n3-c3c(C(C)C)cc(-c4ccccc4)cc3C(C)C)[c-]ccc12.[2H]c1[c-]c(-c2cc(CC(C)C)c([Si](C)(C)C)cn2)cc([2H])c1C([2H])([2H])[2H].[Ir]. The Balaban J connectivity index is 0.000000220. The van der Waals surface area contributed by atoms with Crippen LogP contribution in [-0.2, 0) is 26.5 Å². The molecule has 1 radical (unpaired) electrons. The molecule has 5 aromatic carbocycles. The Morgan fingerprint density at radius 3 is 2.17 bits per heavy atom. The van der Waals surface area contributed by atoms with Crippen molar-refractivity contribution in [1.29, 1.82) is 0 Å². The fraction of sp³-hybridized carbons (Fsp3) is 0.268. The van der Waals surface area contributed by atoms with E-state index in [0.29, 0.717) is 29.0 Å². The van der Waals surface area contributed by atoms with Crippen LogP contribution in [0, 0.1) is 31.8 Å². The van der Waals surface area contributed by atoms with Gasteiger partial charge in [0.2, 0.25) is 0 Å². The van der Waals surface area contributed by atoms with Crippen LogP contribution in [0.15, 0.2) is 121 Å². The first-order valence-corrected chi connectivity index (χ1v) is 26.0. The molecule has 0 amide bonds. The Bertz CT molecular complexity index is 3230. The van der Waals surface area contributed by atoms with E-state index in [-0.39, 0.29) is 37.8 Å². The van der Waals surface area contributed by atoms with Gasteiger partial charge in [0.1, 0.15) is 4.83 Å². The summed E-state index contributed by atoms with van der Waals surface area (Å²) in [4.78, 5) is 15.8. The molecule has 0 saturated heterocycles. The van der Waals surface area contributed by atoms with Crippen molar-refractivity contribution in [2.75, 3.05) is 0 Å². The zero-order chi connectivity index (χ0) is 48.1. The van der Waals surface area contributed by atoms with Gasteiger partial charge in [-0.2, -0.15) is 11.3 Å². The van der Waals surface area contributed by atoms with E-state index in [9.17, 15) is 0 Å². The van der Waals surface area contributed by atoms with E-state index in [1.165, 1.54) is 60.2 Å². The van der Waals surface area contributed by atoms with Crippen molar-refractivity contribution in [2.24, 2.45) is 5.92 Å². The van der Waals surface area contributed by atoms with Crippen molar-refractivity contribution in [1.82, 2.24) is 19.5 Å². The van der Waals surface area contributed by atoms with Gasteiger partial charge in [-0.15, -0.1) is 53.5 Å². The predicted molar refractivity (Wildman–Crippen MR) is 269 cm³/mol. The minimum absolute atomic E-state index is 0. The summed E-state index contributed by atoms with van der Waals surface area (Å²) in [6, 6.07) is 42.0. The monoisotopic (exact) mass is 1040 g/mol. The van der Waals surface area contributed by atoms with Gasteiger partial charge in [0.25, 0.3) is 0 Å². The molecule has 4 aromatic heterocycles. The van der Waals surface area contributed by atoms with Gasteiger partial charge in [-0.1, -0.05) is 139 Å². The molecule has 63 heavy (non-hydrogen) atoms. The summed E-state index contributed by atoms with van der Waals surface area (Å²) in [5.41, 5.74) is 12.6. The van der Waals surface area contributed by atoms with E-state index >= 15 is 0 Å². The van der Waals surface area contributed by atoms with Crippen LogP contribution in [0.5, 0.6) is 0 Å². The standard InChI is InChI=1S/C37H32N3S.C19H26NSi.Ir/c1-22(2)30-20-26(25-12-7-6-8-13-25)21-31(23(3)4)34(30)40-33-17-10-9-16-32(33)39-36(40)29-15-11-14-27-28-19-18-24(5)38-37(28)41-35(27)29;1-14(2)11-17-12-18(16-9-7-15(3)8-10-16)20-13-19(17)21(4,5)6;/h6-14,16-23H,1-5H3;7-9,12-14H,11H2,1-6H3;/q2*-1;/i;3D3,7D,8D;. The van der Waals surface area contributed by atoms with Crippen LogP contribution in [0.25, 0.3) is 70.8 Å². The Kier molecular flexibility index (Phi) is 11.9. The van der Waals surface area contributed by atoms with E-state index in [4.69, 9.17) is 16.8 Å². The van der Waals surface area contributed by atoms with Gasteiger partial charge in [-0.25, -0.2) is 4.98 Å². The Labute approximate surface area is 400 Å². The molecule has 0 fully saturated rings. The molecule has 4 heterocycles. The smallest absolute Gasteiger partial charge is 0.113 e. The molecule has 0 unspecified atom stereocenters. The summed E-state index contributed by atoms with van der Waals surface area (Å²) in [7, 11) is -1.55. The minimum Gasteiger partial charge on any atom is -0.333 e. The molecule has 323 valence electrons. The maximum absolute atomic E-state index is 8.04. The Morgan fingerprint density at radius 2 is 1.51 bits per heavy atom. The molecule has 0 aliphatic carbocycles. The number of fused-ring (bicyclic) bond motifs is 4. The second kappa shape index (κ2) is 19.0. The first kappa shape index (κ1) is 39.5. The van der Waals surface area contributed by atoms with Gasteiger partial charge in [0, 0.05) is 44.5 Å². The average molecular weight is 1040 g/mol. The van der Waals surface area contributed by atoms with E-state index < -0.39 is 14.9 Å². The van der Waals surface area contributed by atoms with Crippen molar-refractivity contribution in [3.8, 4) is 39.5 Å². The molecule has 0 aliphatic rings. The molecule has 9 rings (SSSR count). The molecule has 0 spiro atoms. The van der Waals surface area contributed by atoms with E-state index in [0.717, 1.165) is 39.4 Å². The normalized spacial score (nSPS) is 13.1. The van der Waals surface area contributed by atoms with Crippen molar-refractivity contribution in [3.05, 3.63) is 161 Å². The first-order valence-electron chi connectivity index (χ1n) is 24.2. The summed E-state index contributed by atoms with van der Waals surface area (Å²) in [5, 5.41) is 3.70. The quantitative estimate of drug-likeness (QED) is 0.107. The van der Waals surface area contributed by atoms with Crippen molar-refractivity contribution >= 4 is 55.9 Å². The summed E-state index contributed by atoms with van der Waals surface area (Å²) < 4.78 is 42.1. The number of nitrogens with zero attached hydrogens (tertiary/aromatic N) is 4. The van der Waals surface area contributed by atoms with Crippen LogP contribution >= 0.6 is 11.3 Å². The van der Waals surface area contributed by atoms with Crippen LogP contribution in [0.2, 0.25) is 19.6 Å². The number of para-hydroxylation sites is 2. The fourth-order valence-corrected chi connectivity index (χ4v) is 11.1. The summed E-state index contributed by atoms with van der Waals surface area (Å²) in [6.07, 6.45) is 2.85. The van der Waals surface area contributed by atoms with Crippen LogP contribution in [0.1, 0.15) is 88.2 Å². The summed E-state index contributed by atoms with van der Waals surface area (Å²) in [5.74, 6) is 2.06. The number of benzene rings is 5. The van der Waals surface area contributed by atoms with Gasteiger partial charge in [-0.3, -0.25) is 4.98 Å². The minimum atomic E-state index is -2.48. The number of pyridine rings is 2. The summed E-state index contributed by atoms with van der Waals surface area (Å²) in [6.45, 7) is 20.0. The zero-order valence-corrected chi connectivity index (χ0v) is 42.1. The number of hydrogen-bond donors (Lipinski definition) is 0. The molecular formula is C56H58IrN4SSi-2. The number of hydrogen-bond acceptors (Lipinski definition) is 4.